The number of hydrogen-bond donors (Lipinski definition) is 1. The predicted molar refractivity (Wildman–Crippen MR) is 64.0 cm³/mol. The van der Waals surface area contributed by atoms with E-state index in [1.54, 1.807) is 0 Å². The second kappa shape index (κ2) is 4.68. The molecule has 1 aromatic rings. The molecule has 1 aliphatic heterocycles. The van der Waals surface area contributed by atoms with Crippen molar-refractivity contribution in [2.24, 2.45) is 0 Å². The van der Waals surface area contributed by atoms with Gasteiger partial charge >= 0.3 is 0 Å². The lowest BCUT2D eigenvalue weighted by atomic mass is 10.3. The minimum atomic E-state index is -3.09. The predicted octanol–water partition coefficient (Wildman–Crippen LogP) is 0.567. The van der Waals surface area contributed by atoms with Gasteiger partial charge in [0, 0.05) is 19.2 Å². The van der Waals surface area contributed by atoms with E-state index in [0.29, 0.717) is 19.0 Å². The molecule has 2 N–H and O–H groups in total. The molecule has 0 aliphatic carbocycles. The molecule has 0 atom stereocenters. The summed E-state index contributed by atoms with van der Waals surface area (Å²) in [6, 6.07) is 0.664. The summed E-state index contributed by atoms with van der Waals surface area (Å²) in [6.45, 7) is 0.492. The first-order valence-electron chi connectivity index (χ1n) is 5.46. The maximum Gasteiger partial charge on any atom is 0.168 e. The van der Waals surface area contributed by atoms with Crippen molar-refractivity contribution in [1.29, 1.82) is 0 Å². The fourth-order valence-electron chi connectivity index (χ4n) is 1.84. The van der Waals surface area contributed by atoms with Crippen LogP contribution in [0.25, 0.3) is 0 Å². The van der Waals surface area contributed by atoms with E-state index in [2.05, 4.69) is 4.98 Å². The van der Waals surface area contributed by atoms with Crippen LogP contribution in [0.4, 0.5) is 20.4 Å². The molecule has 1 fully saturated rings. The van der Waals surface area contributed by atoms with Gasteiger partial charge in [0.15, 0.2) is 33.1 Å². The van der Waals surface area contributed by atoms with E-state index in [1.807, 2.05) is 0 Å². The van der Waals surface area contributed by atoms with Crippen LogP contribution >= 0.6 is 0 Å². The van der Waals surface area contributed by atoms with Gasteiger partial charge in [-0.15, -0.1) is 0 Å². The van der Waals surface area contributed by atoms with Gasteiger partial charge in [0.05, 0.1) is 11.5 Å². The Balaban J connectivity index is 2.29. The van der Waals surface area contributed by atoms with Crippen molar-refractivity contribution < 1.29 is 17.2 Å². The van der Waals surface area contributed by atoms with Gasteiger partial charge in [-0.1, -0.05) is 0 Å². The highest BCUT2D eigenvalue weighted by Crippen LogP contribution is 2.22. The normalized spacial score (nSPS) is 19.6. The van der Waals surface area contributed by atoms with Crippen molar-refractivity contribution in [3.05, 3.63) is 17.7 Å². The molecule has 18 heavy (non-hydrogen) atoms. The average molecular weight is 277 g/mol. The third-order valence-electron chi connectivity index (χ3n) is 2.79. The van der Waals surface area contributed by atoms with Crippen LogP contribution in [0.3, 0.4) is 0 Å². The van der Waals surface area contributed by atoms with Crippen LogP contribution in [0.1, 0.15) is 6.42 Å². The molecule has 0 unspecified atom stereocenters. The molecule has 1 aromatic heterocycles. The SMILES string of the molecule is Nc1nc(N2CCCS(=O)(=O)CC2)c(F)cc1F. The maximum atomic E-state index is 13.6. The van der Waals surface area contributed by atoms with Crippen molar-refractivity contribution in [3.63, 3.8) is 0 Å². The molecule has 0 aromatic carbocycles. The van der Waals surface area contributed by atoms with Gasteiger partial charge in [-0.05, 0) is 6.42 Å². The second-order valence-corrected chi connectivity index (χ2v) is 6.46. The molecule has 5 nitrogen and oxygen atoms in total. The number of pyridine rings is 1. The number of rotatable bonds is 1. The van der Waals surface area contributed by atoms with E-state index >= 15 is 0 Å². The Kier molecular flexibility index (Phi) is 3.38. The van der Waals surface area contributed by atoms with E-state index in [1.165, 1.54) is 4.90 Å². The highest BCUT2D eigenvalue weighted by molar-refractivity contribution is 7.91. The van der Waals surface area contributed by atoms with Crippen LogP contribution in [-0.4, -0.2) is 38.0 Å². The fraction of sp³-hybridized carbons (Fsp3) is 0.500. The Morgan fingerprint density at radius 3 is 2.67 bits per heavy atom. The molecular weight excluding hydrogens is 264 g/mol. The van der Waals surface area contributed by atoms with Crippen molar-refractivity contribution in [3.8, 4) is 0 Å². The summed E-state index contributed by atoms with van der Waals surface area (Å²) < 4.78 is 49.4. The number of anilines is 2. The first-order chi connectivity index (χ1) is 8.39. The van der Waals surface area contributed by atoms with Gasteiger partial charge in [0.1, 0.15) is 0 Å². The summed E-state index contributed by atoms with van der Waals surface area (Å²) in [4.78, 5) is 5.13. The highest BCUT2D eigenvalue weighted by Gasteiger charge is 2.23. The lowest BCUT2D eigenvalue weighted by molar-refractivity contribution is 0.571. The number of nitrogen functional groups attached to an aromatic ring is 1. The van der Waals surface area contributed by atoms with Crippen LogP contribution in [0.5, 0.6) is 0 Å². The van der Waals surface area contributed by atoms with E-state index < -0.39 is 27.3 Å². The summed E-state index contributed by atoms with van der Waals surface area (Å²) in [7, 11) is -3.09. The lowest BCUT2D eigenvalue weighted by Gasteiger charge is -2.21. The maximum absolute atomic E-state index is 13.6. The number of nitrogens with zero attached hydrogens (tertiary/aromatic N) is 2. The molecule has 0 spiro atoms. The smallest absolute Gasteiger partial charge is 0.168 e. The van der Waals surface area contributed by atoms with E-state index in [9.17, 15) is 17.2 Å². The van der Waals surface area contributed by atoms with Crippen LogP contribution < -0.4 is 10.6 Å². The Morgan fingerprint density at radius 2 is 1.94 bits per heavy atom. The largest absolute Gasteiger partial charge is 0.381 e. The minimum absolute atomic E-state index is 0.0641. The Morgan fingerprint density at radius 1 is 1.22 bits per heavy atom. The van der Waals surface area contributed by atoms with Crippen LogP contribution in [0, 0.1) is 11.6 Å². The van der Waals surface area contributed by atoms with Gasteiger partial charge in [0.25, 0.3) is 0 Å². The summed E-state index contributed by atoms with van der Waals surface area (Å²) in [6.07, 6.45) is 0.390. The molecule has 0 saturated carbocycles. The number of halogens is 2. The summed E-state index contributed by atoms with van der Waals surface area (Å²) in [5.74, 6) is -2.23. The molecule has 2 rings (SSSR count). The molecule has 1 saturated heterocycles. The Bertz CT molecular complexity index is 562. The molecular formula is C10H13F2N3O2S. The zero-order valence-electron chi connectivity index (χ0n) is 9.57. The van der Waals surface area contributed by atoms with E-state index in [-0.39, 0.29) is 23.9 Å². The zero-order valence-corrected chi connectivity index (χ0v) is 10.4. The van der Waals surface area contributed by atoms with Gasteiger partial charge in [-0.2, -0.15) is 0 Å². The third-order valence-corrected chi connectivity index (χ3v) is 4.51. The zero-order chi connectivity index (χ0) is 13.3. The molecule has 0 amide bonds. The molecule has 2 heterocycles. The van der Waals surface area contributed by atoms with E-state index in [4.69, 9.17) is 5.73 Å². The Hall–Kier alpha value is -1.44. The van der Waals surface area contributed by atoms with E-state index in [0.717, 1.165) is 0 Å². The van der Waals surface area contributed by atoms with Crippen LogP contribution in [0.2, 0.25) is 0 Å². The molecule has 1 aliphatic rings. The van der Waals surface area contributed by atoms with Crippen molar-refractivity contribution in [2.45, 2.75) is 6.42 Å². The monoisotopic (exact) mass is 277 g/mol. The summed E-state index contributed by atoms with van der Waals surface area (Å²) in [5, 5.41) is 0. The molecule has 100 valence electrons. The number of sulfone groups is 1. The second-order valence-electron chi connectivity index (χ2n) is 4.15. The number of hydrogen-bond acceptors (Lipinski definition) is 5. The molecule has 0 radical (unpaired) electrons. The van der Waals surface area contributed by atoms with Gasteiger partial charge < -0.3 is 10.6 Å². The van der Waals surface area contributed by atoms with Crippen molar-refractivity contribution in [2.75, 3.05) is 35.2 Å². The lowest BCUT2D eigenvalue weighted by Crippen LogP contribution is -2.29. The quantitative estimate of drug-likeness (QED) is 0.812. The number of nitrogens with two attached hydrogens (primary N) is 1. The standard InChI is InChI=1S/C10H13F2N3O2S/c11-7-6-8(12)10(14-9(7)13)15-2-1-4-18(16,17)5-3-15/h6H,1-5H2,(H2,13,14). The summed E-state index contributed by atoms with van der Waals surface area (Å²) in [5.41, 5.74) is 5.29. The van der Waals surface area contributed by atoms with Gasteiger partial charge in [-0.25, -0.2) is 22.2 Å². The third kappa shape index (κ3) is 2.69. The molecule has 8 heteroatoms. The molecule has 0 bridgehead atoms. The first kappa shape index (κ1) is 13.0. The van der Waals surface area contributed by atoms with Gasteiger partial charge in [-0.3, -0.25) is 0 Å². The van der Waals surface area contributed by atoms with Crippen LogP contribution in [-0.2, 0) is 9.84 Å². The van der Waals surface area contributed by atoms with Crippen LogP contribution in [0.15, 0.2) is 6.07 Å². The topological polar surface area (TPSA) is 76.3 Å². The van der Waals surface area contributed by atoms with Crippen molar-refractivity contribution >= 4 is 21.5 Å². The average Bonchev–Trinajstić information content (AvgIpc) is 2.45. The summed E-state index contributed by atoms with van der Waals surface area (Å²) >= 11 is 0. The van der Waals surface area contributed by atoms with Crippen molar-refractivity contribution in [1.82, 2.24) is 4.98 Å². The Labute approximate surface area is 104 Å². The number of aromatic nitrogens is 1. The minimum Gasteiger partial charge on any atom is -0.381 e. The highest BCUT2D eigenvalue weighted by atomic mass is 32.2. The first-order valence-corrected chi connectivity index (χ1v) is 7.28. The van der Waals surface area contributed by atoms with Gasteiger partial charge in [0.2, 0.25) is 0 Å². The fourth-order valence-corrected chi connectivity index (χ4v) is 3.11.